The normalized spacial score (nSPS) is 12.4. The summed E-state index contributed by atoms with van der Waals surface area (Å²) in [5.41, 5.74) is 0.819. The predicted molar refractivity (Wildman–Crippen MR) is 69.2 cm³/mol. The Labute approximate surface area is 112 Å². The predicted octanol–water partition coefficient (Wildman–Crippen LogP) is 4.00. The van der Waals surface area contributed by atoms with Crippen LogP contribution in [0.3, 0.4) is 0 Å². The van der Waals surface area contributed by atoms with Gasteiger partial charge in [-0.2, -0.15) is 0 Å². The Morgan fingerprint density at radius 1 is 1.11 bits per heavy atom. The highest BCUT2D eigenvalue weighted by atomic mass is 79.9. The fourth-order valence-corrected chi connectivity index (χ4v) is 2.31. The molecule has 1 N–H and O–H groups in total. The molecule has 0 heterocycles. The molecule has 1 atom stereocenters. The Bertz CT molecular complexity index is 557. The minimum absolute atomic E-state index is 0.0339. The highest BCUT2D eigenvalue weighted by Crippen LogP contribution is 2.26. The summed E-state index contributed by atoms with van der Waals surface area (Å²) in [6.45, 7) is 0. The second-order valence-electron chi connectivity index (χ2n) is 3.98. The van der Waals surface area contributed by atoms with Crippen LogP contribution < -0.4 is 0 Å². The third-order valence-corrected chi connectivity index (χ3v) is 3.41. The van der Waals surface area contributed by atoms with E-state index >= 15 is 0 Å². The molecule has 1 unspecified atom stereocenters. The van der Waals surface area contributed by atoms with Gasteiger partial charge in [0.05, 0.1) is 6.10 Å². The minimum Gasteiger partial charge on any atom is -0.388 e. The van der Waals surface area contributed by atoms with Crippen molar-refractivity contribution in [2.45, 2.75) is 12.5 Å². The number of hydrogen-bond acceptors (Lipinski definition) is 1. The van der Waals surface area contributed by atoms with E-state index in [1.54, 1.807) is 18.2 Å². The summed E-state index contributed by atoms with van der Waals surface area (Å²) in [7, 11) is 0. The van der Waals surface area contributed by atoms with Gasteiger partial charge in [0.25, 0.3) is 0 Å². The second-order valence-corrected chi connectivity index (χ2v) is 4.83. The molecule has 0 aromatic heterocycles. The number of rotatable bonds is 3. The molecule has 2 aromatic carbocycles. The molecule has 0 aliphatic rings. The molecule has 94 valence electrons. The van der Waals surface area contributed by atoms with E-state index in [0.29, 0.717) is 5.56 Å². The summed E-state index contributed by atoms with van der Waals surface area (Å²) < 4.78 is 27.2. The molecule has 1 nitrogen and oxygen atoms in total. The lowest BCUT2D eigenvalue weighted by atomic mass is 10.0. The van der Waals surface area contributed by atoms with Crippen LogP contribution in [-0.4, -0.2) is 5.11 Å². The number of aliphatic hydroxyl groups excluding tert-OH is 1. The molecule has 0 aliphatic heterocycles. The Hall–Kier alpha value is -1.26. The Kier molecular flexibility index (Phi) is 4.09. The van der Waals surface area contributed by atoms with Crippen LogP contribution in [0, 0.1) is 11.6 Å². The maximum Gasteiger partial charge on any atom is 0.126 e. The van der Waals surface area contributed by atoms with Crippen LogP contribution >= 0.6 is 15.9 Å². The fourth-order valence-electron chi connectivity index (χ4n) is 1.76. The summed E-state index contributed by atoms with van der Waals surface area (Å²) in [5, 5.41) is 10.1. The zero-order chi connectivity index (χ0) is 13.1. The van der Waals surface area contributed by atoms with Crippen LogP contribution in [0.1, 0.15) is 17.2 Å². The van der Waals surface area contributed by atoms with Crippen LogP contribution in [0.25, 0.3) is 0 Å². The lowest BCUT2D eigenvalue weighted by Gasteiger charge is -2.13. The second kappa shape index (κ2) is 5.59. The Balaban J connectivity index is 2.24. The van der Waals surface area contributed by atoms with Gasteiger partial charge in [0.15, 0.2) is 0 Å². The largest absolute Gasteiger partial charge is 0.388 e. The van der Waals surface area contributed by atoms with Gasteiger partial charge in [0, 0.05) is 10.9 Å². The van der Waals surface area contributed by atoms with Crippen LogP contribution in [0.15, 0.2) is 46.9 Å². The van der Waals surface area contributed by atoms with Crippen molar-refractivity contribution < 1.29 is 13.9 Å². The quantitative estimate of drug-likeness (QED) is 0.908. The summed E-state index contributed by atoms with van der Waals surface area (Å²) in [6, 6.07) is 10.4. The highest BCUT2D eigenvalue weighted by Gasteiger charge is 2.14. The van der Waals surface area contributed by atoms with Crippen molar-refractivity contribution in [3.63, 3.8) is 0 Å². The SMILES string of the molecule is OC(Cc1cc(F)ccc1F)c1ccccc1Br. The molecular weight excluding hydrogens is 302 g/mol. The van der Waals surface area contributed by atoms with E-state index in [2.05, 4.69) is 15.9 Å². The minimum atomic E-state index is -0.878. The lowest BCUT2D eigenvalue weighted by molar-refractivity contribution is 0.176. The van der Waals surface area contributed by atoms with Gasteiger partial charge >= 0.3 is 0 Å². The molecule has 4 heteroatoms. The highest BCUT2D eigenvalue weighted by molar-refractivity contribution is 9.10. The lowest BCUT2D eigenvalue weighted by Crippen LogP contribution is -2.04. The first kappa shape index (κ1) is 13.2. The van der Waals surface area contributed by atoms with Crippen molar-refractivity contribution >= 4 is 15.9 Å². The van der Waals surface area contributed by atoms with Crippen molar-refractivity contribution in [3.05, 3.63) is 69.7 Å². The molecule has 18 heavy (non-hydrogen) atoms. The van der Waals surface area contributed by atoms with E-state index in [4.69, 9.17) is 0 Å². The van der Waals surface area contributed by atoms with Crippen LogP contribution in [0.4, 0.5) is 8.78 Å². The molecule has 0 radical (unpaired) electrons. The molecular formula is C14H11BrF2O. The standard InChI is InChI=1S/C14H11BrF2O/c15-12-4-2-1-3-11(12)14(18)8-9-7-10(16)5-6-13(9)17/h1-7,14,18H,8H2. The van der Waals surface area contributed by atoms with Crippen molar-refractivity contribution in [2.75, 3.05) is 0 Å². The van der Waals surface area contributed by atoms with Crippen molar-refractivity contribution in [1.82, 2.24) is 0 Å². The third kappa shape index (κ3) is 2.94. The van der Waals surface area contributed by atoms with E-state index in [1.807, 2.05) is 6.07 Å². The molecule has 0 saturated heterocycles. The van der Waals surface area contributed by atoms with E-state index in [9.17, 15) is 13.9 Å². The maximum atomic E-state index is 13.5. The number of hydrogen-bond donors (Lipinski definition) is 1. The maximum absolute atomic E-state index is 13.5. The van der Waals surface area contributed by atoms with Crippen molar-refractivity contribution in [3.8, 4) is 0 Å². The first-order chi connectivity index (χ1) is 8.58. The fraction of sp³-hybridized carbons (Fsp3) is 0.143. The number of halogens is 3. The smallest absolute Gasteiger partial charge is 0.126 e. The Morgan fingerprint density at radius 2 is 1.83 bits per heavy atom. The zero-order valence-corrected chi connectivity index (χ0v) is 11.0. The molecule has 2 rings (SSSR count). The molecule has 0 bridgehead atoms. The summed E-state index contributed by atoms with van der Waals surface area (Å²) in [5.74, 6) is -1.02. The van der Waals surface area contributed by atoms with Gasteiger partial charge < -0.3 is 5.11 Å². The summed E-state index contributed by atoms with van der Waals surface area (Å²) in [4.78, 5) is 0. The number of benzene rings is 2. The van der Waals surface area contributed by atoms with E-state index in [-0.39, 0.29) is 12.0 Å². The molecule has 0 saturated carbocycles. The van der Waals surface area contributed by atoms with Gasteiger partial charge in [-0.05, 0) is 35.4 Å². The van der Waals surface area contributed by atoms with E-state index < -0.39 is 17.7 Å². The first-order valence-corrected chi connectivity index (χ1v) is 6.23. The van der Waals surface area contributed by atoms with E-state index in [1.165, 1.54) is 0 Å². The topological polar surface area (TPSA) is 20.2 Å². The molecule has 0 aliphatic carbocycles. The number of aliphatic hydroxyl groups is 1. The van der Waals surface area contributed by atoms with Gasteiger partial charge in [-0.25, -0.2) is 8.78 Å². The molecule has 0 amide bonds. The molecule has 0 spiro atoms. The van der Waals surface area contributed by atoms with Gasteiger partial charge in [-0.1, -0.05) is 34.1 Å². The van der Waals surface area contributed by atoms with Crippen molar-refractivity contribution in [2.24, 2.45) is 0 Å². The zero-order valence-electron chi connectivity index (χ0n) is 9.41. The van der Waals surface area contributed by atoms with E-state index in [0.717, 1.165) is 22.7 Å². The average Bonchev–Trinajstić information content (AvgIpc) is 2.34. The van der Waals surface area contributed by atoms with Crippen molar-refractivity contribution in [1.29, 1.82) is 0 Å². The third-order valence-electron chi connectivity index (χ3n) is 2.69. The van der Waals surface area contributed by atoms with Gasteiger partial charge in [-0.3, -0.25) is 0 Å². The van der Waals surface area contributed by atoms with Crippen LogP contribution in [-0.2, 0) is 6.42 Å². The molecule has 0 fully saturated rings. The summed E-state index contributed by atoms with van der Waals surface area (Å²) in [6.07, 6.45) is -0.844. The monoisotopic (exact) mass is 312 g/mol. The Morgan fingerprint density at radius 3 is 2.56 bits per heavy atom. The first-order valence-electron chi connectivity index (χ1n) is 5.44. The van der Waals surface area contributed by atoms with Crippen LogP contribution in [0.2, 0.25) is 0 Å². The van der Waals surface area contributed by atoms with Crippen LogP contribution in [0.5, 0.6) is 0 Å². The average molecular weight is 313 g/mol. The molecule has 2 aromatic rings. The van der Waals surface area contributed by atoms with Gasteiger partial charge in [0.2, 0.25) is 0 Å². The summed E-state index contributed by atoms with van der Waals surface area (Å²) >= 11 is 3.32. The van der Waals surface area contributed by atoms with Gasteiger partial charge in [-0.15, -0.1) is 0 Å². The van der Waals surface area contributed by atoms with Gasteiger partial charge in [0.1, 0.15) is 11.6 Å².